The summed E-state index contributed by atoms with van der Waals surface area (Å²) < 4.78 is 16.8. The molecule has 0 rings (SSSR count). The smallest absolute Gasteiger partial charge is 0.306 e. The Labute approximate surface area is 389 Å². The van der Waals surface area contributed by atoms with Crippen molar-refractivity contribution >= 4 is 17.9 Å². The second kappa shape index (κ2) is 51.5. The van der Waals surface area contributed by atoms with Crippen molar-refractivity contribution in [3.63, 3.8) is 0 Å². The van der Waals surface area contributed by atoms with Gasteiger partial charge in [-0.2, -0.15) is 0 Å². The maximum absolute atomic E-state index is 12.8. The molecule has 0 radical (unpaired) electrons. The van der Waals surface area contributed by atoms with Crippen LogP contribution in [0.15, 0.2) is 72.9 Å². The van der Waals surface area contributed by atoms with Crippen LogP contribution in [0.5, 0.6) is 0 Å². The minimum absolute atomic E-state index is 0.0917. The number of allylic oxidation sites excluding steroid dienone is 12. The van der Waals surface area contributed by atoms with E-state index in [0.717, 1.165) is 135 Å². The molecule has 0 aromatic rings. The summed E-state index contributed by atoms with van der Waals surface area (Å²) in [6, 6.07) is 0. The van der Waals surface area contributed by atoms with Crippen LogP contribution in [0.2, 0.25) is 0 Å². The summed E-state index contributed by atoms with van der Waals surface area (Å²) in [7, 11) is 0. The van der Waals surface area contributed by atoms with Crippen molar-refractivity contribution < 1.29 is 28.6 Å². The molecule has 0 aliphatic carbocycles. The standard InChI is InChI=1S/C57H98O6/c1-4-7-10-13-16-19-22-25-28-31-34-37-40-43-46-49-55(58)61-52-54(63-57(60)51-48-45-42-39-36-33-30-27-24-21-18-15-12-9-6-3)53-62-56(59)50-47-44-41-38-35-32-29-26-23-20-17-14-11-8-5-2/h7,10,16-17,19-20,25-30,54H,4-6,8-9,11-15,18,21-24,31-53H2,1-3H3/b10-7+,19-16+,20-17+,28-25+,29-26+,30-27+. The van der Waals surface area contributed by atoms with Gasteiger partial charge >= 0.3 is 17.9 Å². The Hall–Kier alpha value is -3.15. The third kappa shape index (κ3) is 49.7. The molecule has 362 valence electrons. The highest BCUT2D eigenvalue weighted by molar-refractivity contribution is 5.71. The van der Waals surface area contributed by atoms with Crippen LogP contribution in [0.1, 0.15) is 252 Å². The summed E-state index contributed by atoms with van der Waals surface area (Å²) in [5, 5.41) is 0. The van der Waals surface area contributed by atoms with Crippen molar-refractivity contribution in [2.45, 2.75) is 258 Å². The van der Waals surface area contributed by atoms with Gasteiger partial charge in [-0.25, -0.2) is 0 Å². The van der Waals surface area contributed by atoms with Crippen molar-refractivity contribution in [1.29, 1.82) is 0 Å². The third-order valence-corrected chi connectivity index (χ3v) is 11.2. The van der Waals surface area contributed by atoms with E-state index in [9.17, 15) is 14.4 Å². The molecule has 0 aliphatic rings. The minimum atomic E-state index is -0.792. The van der Waals surface area contributed by atoms with Gasteiger partial charge in [-0.15, -0.1) is 0 Å². The first-order chi connectivity index (χ1) is 31.0. The number of esters is 3. The van der Waals surface area contributed by atoms with Gasteiger partial charge in [0.05, 0.1) is 0 Å². The first kappa shape index (κ1) is 59.9. The topological polar surface area (TPSA) is 78.9 Å². The zero-order valence-corrected chi connectivity index (χ0v) is 41.3. The van der Waals surface area contributed by atoms with E-state index in [1.807, 2.05) is 0 Å². The first-order valence-electron chi connectivity index (χ1n) is 26.4. The van der Waals surface area contributed by atoms with Crippen LogP contribution < -0.4 is 0 Å². The molecule has 0 amide bonds. The average Bonchev–Trinajstić information content (AvgIpc) is 3.28. The lowest BCUT2D eigenvalue weighted by Crippen LogP contribution is -2.30. The van der Waals surface area contributed by atoms with Gasteiger partial charge in [0.15, 0.2) is 6.10 Å². The SMILES string of the molecule is CC/C=C/C/C=C/C/C=C/CCCCCCCC(=O)OCC(COC(=O)CCCCCCC/C=C/C/C=C/CCCCC)OC(=O)CCCCCCC/C=C/CCCCCCCC. The normalized spacial score (nSPS) is 12.6. The lowest BCUT2D eigenvalue weighted by molar-refractivity contribution is -0.167. The molecule has 6 nitrogen and oxygen atoms in total. The molecule has 0 aromatic carbocycles. The fraction of sp³-hybridized carbons (Fsp3) is 0.737. The summed E-state index contributed by atoms with van der Waals surface area (Å²) in [4.78, 5) is 38.0. The fourth-order valence-corrected chi connectivity index (χ4v) is 7.19. The van der Waals surface area contributed by atoms with Gasteiger partial charge in [0.2, 0.25) is 0 Å². The Morgan fingerprint density at radius 2 is 0.619 bits per heavy atom. The number of rotatable bonds is 47. The predicted octanol–water partition coefficient (Wildman–Crippen LogP) is 17.4. The summed E-state index contributed by atoms with van der Waals surface area (Å²) in [5.74, 6) is -0.927. The van der Waals surface area contributed by atoms with Crippen molar-refractivity contribution in [1.82, 2.24) is 0 Å². The van der Waals surface area contributed by atoms with Gasteiger partial charge in [0.1, 0.15) is 13.2 Å². The maximum Gasteiger partial charge on any atom is 0.306 e. The molecule has 0 aromatic heterocycles. The molecule has 0 bridgehead atoms. The van der Waals surface area contributed by atoms with Gasteiger partial charge in [-0.05, 0) is 109 Å². The van der Waals surface area contributed by atoms with E-state index in [4.69, 9.17) is 14.2 Å². The number of carbonyl (C=O) groups excluding carboxylic acids is 3. The number of unbranched alkanes of at least 4 members (excludes halogenated alkanes) is 24. The highest BCUT2D eigenvalue weighted by atomic mass is 16.6. The Morgan fingerprint density at radius 1 is 0.333 bits per heavy atom. The summed E-state index contributed by atoms with van der Waals surface area (Å²) in [5.41, 5.74) is 0. The van der Waals surface area contributed by atoms with Crippen LogP contribution in [-0.4, -0.2) is 37.2 Å². The summed E-state index contributed by atoms with van der Waals surface area (Å²) in [6.45, 7) is 6.46. The van der Waals surface area contributed by atoms with E-state index in [2.05, 4.69) is 93.7 Å². The van der Waals surface area contributed by atoms with E-state index >= 15 is 0 Å². The molecular formula is C57H98O6. The molecule has 63 heavy (non-hydrogen) atoms. The van der Waals surface area contributed by atoms with E-state index in [0.29, 0.717) is 19.3 Å². The largest absolute Gasteiger partial charge is 0.462 e. The van der Waals surface area contributed by atoms with Crippen LogP contribution in [0, 0.1) is 0 Å². The molecule has 0 saturated heterocycles. The van der Waals surface area contributed by atoms with Crippen molar-refractivity contribution in [2.75, 3.05) is 13.2 Å². The van der Waals surface area contributed by atoms with Gasteiger partial charge in [-0.3, -0.25) is 14.4 Å². The highest BCUT2D eigenvalue weighted by Gasteiger charge is 2.19. The van der Waals surface area contributed by atoms with E-state index < -0.39 is 6.10 Å². The van der Waals surface area contributed by atoms with Gasteiger partial charge in [-0.1, -0.05) is 196 Å². The minimum Gasteiger partial charge on any atom is -0.462 e. The number of carbonyl (C=O) groups is 3. The number of hydrogen-bond acceptors (Lipinski definition) is 6. The molecule has 0 spiro atoms. The molecule has 0 aliphatic heterocycles. The Bertz CT molecular complexity index is 1190. The average molecular weight is 879 g/mol. The van der Waals surface area contributed by atoms with E-state index in [1.54, 1.807) is 0 Å². The van der Waals surface area contributed by atoms with Gasteiger partial charge < -0.3 is 14.2 Å². The van der Waals surface area contributed by atoms with Crippen LogP contribution in [0.4, 0.5) is 0 Å². The summed E-state index contributed by atoms with van der Waals surface area (Å²) in [6.07, 6.45) is 64.5. The van der Waals surface area contributed by atoms with E-state index in [-0.39, 0.29) is 31.1 Å². The fourth-order valence-electron chi connectivity index (χ4n) is 7.19. The van der Waals surface area contributed by atoms with Crippen LogP contribution in [-0.2, 0) is 28.6 Å². The number of ether oxygens (including phenoxy) is 3. The van der Waals surface area contributed by atoms with Crippen molar-refractivity contribution in [3.05, 3.63) is 72.9 Å². The lowest BCUT2D eigenvalue weighted by Gasteiger charge is -2.18. The molecule has 0 heterocycles. The van der Waals surface area contributed by atoms with E-state index in [1.165, 1.54) is 77.0 Å². The van der Waals surface area contributed by atoms with Crippen LogP contribution in [0.3, 0.4) is 0 Å². The number of hydrogen-bond donors (Lipinski definition) is 0. The van der Waals surface area contributed by atoms with Crippen LogP contribution >= 0.6 is 0 Å². The second-order valence-electron chi connectivity index (χ2n) is 17.4. The van der Waals surface area contributed by atoms with Crippen molar-refractivity contribution in [2.24, 2.45) is 0 Å². The van der Waals surface area contributed by atoms with Crippen LogP contribution in [0.25, 0.3) is 0 Å². The zero-order chi connectivity index (χ0) is 45.8. The monoisotopic (exact) mass is 879 g/mol. The highest BCUT2D eigenvalue weighted by Crippen LogP contribution is 2.14. The Balaban J connectivity index is 4.45. The molecule has 0 fully saturated rings. The third-order valence-electron chi connectivity index (χ3n) is 11.2. The molecule has 1 unspecified atom stereocenters. The first-order valence-corrected chi connectivity index (χ1v) is 26.4. The maximum atomic E-state index is 12.8. The molecule has 0 N–H and O–H groups in total. The Kier molecular flexibility index (Phi) is 48.9. The quantitative estimate of drug-likeness (QED) is 0.0262. The van der Waals surface area contributed by atoms with Gasteiger partial charge in [0.25, 0.3) is 0 Å². The van der Waals surface area contributed by atoms with Crippen molar-refractivity contribution in [3.8, 4) is 0 Å². The molecule has 0 saturated carbocycles. The lowest BCUT2D eigenvalue weighted by atomic mass is 10.1. The second-order valence-corrected chi connectivity index (χ2v) is 17.4. The molecule has 1 atom stereocenters. The summed E-state index contributed by atoms with van der Waals surface area (Å²) >= 11 is 0. The molecule has 6 heteroatoms. The van der Waals surface area contributed by atoms with Gasteiger partial charge in [0, 0.05) is 19.3 Å². The molecular weight excluding hydrogens is 781 g/mol. The predicted molar refractivity (Wildman–Crippen MR) is 270 cm³/mol. The zero-order valence-electron chi connectivity index (χ0n) is 41.3. The Morgan fingerprint density at radius 3 is 1.02 bits per heavy atom.